The topological polar surface area (TPSA) is 100 Å². The zero-order chi connectivity index (χ0) is 21.8. The maximum Gasteiger partial charge on any atom is 0.271 e. The van der Waals surface area contributed by atoms with Crippen LogP contribution in [0.1, 0.15) is 10.4 Å². The fourth-order valence-corrected chi connectivity index (χ4v) is 3.57. The number of hydrazone groups is 1. The van der Waals surface area contributed by atoms with Crippen molar-refractivity contribution < 1.29 is 19.1 Å². The number of carbonyl (C=O) groups is 3. The van der Waals surface area contributed by atoms with Crippen LogP contribution in [0, 0.1) is 9.49 Å². The normalized spacial score (nSPS) is 16.6. The van der Waals surface area contributed by atoms with Gasteiger partial charge in [-0.25, -0.2) is 5.43 Å². The second-order valence-electron chi connectivity index (χ2n) is 5.99. The average Bonchev–Trinajstić information content (AvgIpc) is 2.71. The monoisotopic (exact) mass is 556 g/mol. The molecule has 0 bridgehead atoms. The van der Waals surface area contributed by atoms with Crippen LogP contribution in [0.3, 0.4) is 0 Å². The van der Waals surface area contributed by atoms with E-state index in [-0.39, 0.29) is 5.11 Å². The first-order chi connectivity index (χ1) is 14.3. The number of thiocarbonyl (C=S) groups is 1. The van der Waals surface area contributed by atoms with E-state index in [2.05, 4.69) is 38.4 Å². The molecule has 2 aromatic rings. The highest BCUT2D eigenvalue weighted by Crippen LogP contribution is 2.23. The van der Waals surface area contributed by atoms with Crippen molar-refractivity contribution in [3.63, 3.8) is 0 Å². The van der Waals surface area contributed by atoms with Crippen molar-refractivity contribution in [2.75, 3.05) is 12.0 Å². The fourth-order valence-electron chi connectivity index (χ4n) is 2.59. The fraction of sp³-hybridized carbons (Fsp3) is 0.105. The summed E-state index contributed by atoms with van der Waals surface area (Å²) >= 11 is 13.1. The molecule has 1 fully saturated rings. The first-order valence-corrected chi connectivity index (χ1v) is 10.3. The maximum atomic E-state index is 12.8. The Balaban J connectivity index is 1.74. The molecule has 2 N–H and O–H groups in total. The number of carbonyl (C=O) groups excluding carboxylic acids is 3. The Kier molecular flexibility index (Phi) is 7.00. The number of rotatable bonds is 5. The number of amides is 3. The lowest BCUT2D eigenvalue weighted by molar-refractivity contribution is -0.130. The van der Waals surface area contributed by atoms with E-state index in [0.29, 0.717) is 22.0 Å². The number of methoxy groups -OCH3 is 1. The van der Waals surface area contributed by atoms with Crippen LogP contribution < -0.4 is 20.4 Å². The molecule has 1 saturated heterocycles. The average molecular weight is 557 g/mol. The van der Waals surface area contributed by atoms with Crippen molar-refractivity contribution in [3.8, 4) is 5.75 Å². The molecule has 8 nitrogen and oxygen atoms in total. The first-order valence-electron chi connectivity index (χ1n) is 8.43. The minimum Gasteiger partial charge on any atom is -0.496 e. The summed E-state index contributed by atoms with van der Waals surface area (Å²) in [7, 11) is 1.50. The van der Waals surface area contributed by atoms with Crippen LogP contribution in [-0.2, 0) is 9.59 Å². The number of nitrogens with one attached hydrogen (secondary N) is 2. The van der Waals surface area contributed by atoms with Crippen molar-refractivity contribution in [3.05, 3.63) is 56.6 Å². The first kappa shape index (κ1) is 22.1. The third kappa shape index (κ3) is 4.77. The molecular weight excluding hydrogens is 543 g/mol. The zero-order valence-electron chi connectivity index (χ0n) is 15.4. The molecule has 1 aliphatic heterocycles. The van der Waals surface area contributed by atoms with Crippen molar-refractivity contribution >= 4 is 81.1 Å². The highest BCUT2D eigenvalue weighted by Gasteiger charge is 2.38. The Hall–Kier alpha value is -2.57. The molecule has 0 aliphatic carbocycles. The van der Waals surface area contributed by atoms with Crippen LogP contribution in [-0.4, -0.2) is 36.2 Å². The molecule has 1 aliphatic rings. The van der Waals surface area contributed by atoms with Crippen molar-refractivity contribution in [2.45, 2.75) is 0 Å². The number of hydrogen-bond acceptors (Lipinski definition) is 6. The summed E-state index contributed by atoms with van der Waals surface area (Å²) < 4.78 is 6.03. The third-order valence-corrected chi connectivity index (χ3v) is 5.52. The van der Waals surface area contributed by atoms with Crippen LogP contribution in [0.4, 0.5) is 5.69 Å². The predicted molar refractivity (Wildman–Crippen MR) is 125 cm³/mol. The van der Waals surface area contributed by atoms with Crippen LogP contribution in [0.2, 0.25) is 5.02 Å². The molecule has 0 unspecified atom stereocenters. The summed E-state index contributed by atoms with van der Waals surface area (Å²) in [5.41, 5.74) is 3.06. The molecule has 0 aromatic heterocycles. The van der Waals surface area contributed by atoms with E-state index in [9.17, 15) is 14.4 Å². The Bertz CT molecular complexity index is 1060. The molecule has 3 amide bonds. The van der Waals surface area contributed by atoms with E-state index < -0.39 is 23.6 Å². The van der Waals surface area contributed by atoms with Gasteiger partial charge in [-0.3, -0.25) is 19.3 Å². The van der Waals surface area contributed by atoms with Crippen molar-refractivity contribution in [2.24, 2.45) is 11.0 Å². The van der Waals surface area contributed by atoms with Crippen LogP contribution in [0.5, 0.6) is 5.75 Å². The molecule has 2 aromatic carbocycles. The van der Waals surface area contributed by atoms with Gasteiger partial charge in [0, 0.05) is 16.8 Å². The Morgan fingerprint density at radius 1 is 1.30 bits per heavy atom. The number of nitrogens with zero attached hydrogens (tertiary/aromatic N) is 2. The maximum absolute atomic E-state index is 12.8. The summed E-state index contributed by atoms with van der Waals surface area (Å²) in [6.45, 7) is 0. The van der Waals surface area contributed by atoms with Crippen LogP contribution in [0.25, 0.3) is 0 Å². The lowest BCUT2D eigenvalue weighted by Gasteiger charge is -2.30. The van der Waals surface area contributed by atoms with Gasteiger partial charge in [0.2, 0.25) is 5.91 Å². The predicted octanol–water partition coefficient (Wildman–Crippen LogP) is 2.73. The van der Waals surface area contributed by atoms with Gasteiger partial charge in [-0.2, -0.15) is 5.10 Å². The number of ether oxygens (including phenoxy) is 1. The molecule has 1 heterocycles. The van der Waals surface area contributed by atoms with Gasteiger partial charge >= 0.3 is 0 Å². The standard InChI is InChI=1S/C19H14ClIN4O4S/c1-29-15-8-10(2-7-14(15)21)16(26)24-22-9-13-17(27)23-19(30)25(18(13)28)12-5-3-11(20)4-6-12/h2-9,13H,1H3,(H,24,26)(H,23,27,30)/b22-9-/t13-/m0/s1. The van der Waals surface area contributed by atoms with Gasteiger partial charge in [-0.05, 0) is 77.3 Å². The van der Waals surface area contributed by atoms with Gasteiger partial charge in [0.15, 0.2) is 11.0 Å². The summed E-state index contributed by atoms with van der Waals surface area (Å²) in [6.07, 6.45) is 1.06. The SMILES string of the molecule is COc1cc(C(=O)N/N=C\[C@H]2C(=O)NC(=S)N(c3ccc(Cl)cc3)C2=O)ccc1I. The quantitative estimate of drug-likeness (QED) is 0.194. The van der Waals surface area contributed by atoms with Gasteiger partial charge < -0.3 is 10.1 Å². The molecule has 154 valence electrons. The summed E-state index contributed by atoms with van der Waals surface area (Å²) in [4.78, 5) is 38.5. The minimum atomic E-state index is -1.26. The summed E-state index contributed by atoms with van der Waals surface area (Å²) in [5, 5.41) is 6.68. The van der Waals surface area contributed by atoms with Gasteiger partial charge in [0.1, 0.15) is 5.75 Å². The molecule has 30 heavy (non-hydrogen) atoms. The number of benzene rings is 2. The van der Waals surface area contributed by atoms with E-state index in [1.807, 2.05) is 0 Å². The molecule has 0 radical (unpaired) electrons. The van der Waals surface area contributed by atoms with E-state index in [0.717, 1.165) is 9.78 Å². The molecule has 3 rings (SSSR count). The van der Waals surface area contributed by atoms with E-state index >= 15 is 0 Å². The molecule has 11 heteroatoms. The van der Waals surface area contributed by atoms with Gasteiger partial charge in [-0.1, -0.05) is 11.6 Å². The Morgan fingerprint density at radius 3 is 2.67 bits per heavy atom. The van der Waals surface area contributed by atoms with Gasteiger partial charge in [-0.15, -0.1) is 0 Å². The van der Waals surface area contributed by atoms with E-state index in [4.69, 9.17) is 28.6 Å². The second-order valence-corrected chi connectivity index (χ2v) is 7.98. The highest BCUT2D eigenvalue weighted by atomic mass is 127. The van der Waals surface area contributed by atoms with Gasteiger partial charge in [0.05, 0.1) is 16.4 Å². The zero-order valence-corrected chi connectivity index (χ0v) is 19.1. The van der Waals surface area contributed by atoms with Gasteiger partial charge in [0.25, 0.3) is 11.8 Å². The largest absolute Gasteiger partial charge is 0.496 e. The number of halogens is 2. The van der Waals surface area contributed by atoms with Crippen LogP contribution in [0.15, 0.2) is 47.6 Å². The second kappa shape index (κ2) is 9.49. The van der Waals surface area contributed by atoms with Crippen molar-refractivity contribution in [1.82, 2.24) is 10.7 Å². The Labute approximate surface area is 195 Å². The summed E-state index contributed by atoms with van der Waals surface area (Å²) in [5.74, 6) is -2.47. The molecule has 1 atom stereocenters. The van der Waals surface area contributed by atoms with Crippen molar-refractivity contribution in [1.29, 1.82) is 0 Å². The number of hydrogen-bond donors (Lipinski definition) is 2. The Morgan fingerprint density at radius 2 is 2.00 bits per heavy atom. The lowest BCUT2D eigenvalue weighted by Crippen LogP contribution is -2.58. The smallest absolute Gasteiger partial charge is 0.271 e. The van der Waals surface area contributed by atoms with E-state index in [1.54, 1.807) is 42.5 Å². The summed E-state index contributed by atoms with van der Waals surface area (Å²) in [6, 6.07) is 11.3. The molecule has 0 spiro atoms. The van der Waals surface area contributed by atoms with Crippen LogP contribution >= 0.6 is 46.4 Å². The lowest BCUT2D eigenvalue weighted by atomic mass is 10.1. The minimum absolute atomic E-state index is 0.0491. The number of anilines is 1. The highest BCUT2D eigenvalue weighted by molar-refractivity contribution is 14.1. The molecule has 0 saturated carbocycles. The third-order valence-electron chi connectivity index (χ3n) is 4.09. The van der Waals surface area contributed by atoms with E-state index in [1.165, 1.54) is 12.0 Å². The molecular formula is C19H14ClIN4O4S.